The Morgan fingerprint density at radius 3 is 2.67 bits per heavy atom. The number of pyridine rings is 1. The van der Waals surface area contributed by atoms with Gasteiger partial charge in [-0.2, -0.15) is 0 Å². The van der Waals surface area contributed by atoms with Gasteiger partial charge in [-0.1, -0.05) is 26.2 Å². The Balaban J connectivity index is 1.87. The van der Waals surface area contributed by atoms with Crippen molar-refractivity contribution in [1.82, 2.24) is 4.98 Å². The molecule has 1 unspecified atom stereocenters. The molecule has 4 N–H and O–H groups in total. The van der Waals surface area contributed by atoms with Crippen LogP contribution in [0.3, 0.4) is 0 Å². The second-order valence-electron chi connectivity index (χ2n) is 5.65. The second-order valence-corrected chi connectivity index (χ2v) is 5.65. The molecule has 1 aromatic rings. The van der Waals surface area contributed by atoms with E-state index in [0.717, 1.165) is 12.3 Å². The Bertz CT molecular complexity index is 370. The average molecular weight is 247 g/mol. The van der Waals surface area contributed by atoms with Crippen molar-refractivity contribution in [3.05, 3.63) is 23.9 Å². The molecule has 1 heterocycles. The SMILES string of the molecule is CCC1CCC(C(N)Cc2ccnc(N)c2)CC1. The van der Waals surface area contributed by atoms with Crippen LogP contribution in [0.25, 0.3) is 0 Å². The molecule has 1 atom stereocenters. The molecular formula is C15H25N3. The topological polar surface area (TPSA) is 64.9 Å². The highest BCUT2D eigenvalue weighted by atomic mass is 14.8. The minimum absolute atomic E-state index is 0.268. The number of anilines is 1. The Kier molecular flexibility index (Phi) is 4.59. The number of nitrogens with two attached hydrogens (primary N) is 2. The zero-order chi connectivity index (χ0) is 13.0. The molecule has 0 aliphatic heterocycles. The maximum atomic E-state index is 6.36. The van der Waals surface area contributed by atoms with E-state index in [0.29, 0.717) is 11.7 Å². The van der Waals surface area contributed by atoms with Crippen LogP contribution in [0.2, 0.25) is 0 Å². The van der Waals surface area contributed by atoms with Gasteiger partial charge in [0.15, 0.2) is 0 Å². The van der Waals surface area contributed by atoms with Gasteiger partial charge < -0.3 is 11.5 Å². The molecule has 0 spiro atoms. The molecule has 1 saturated carbocycles. The first-order valence-electron chi connectivity index (χ1n) is 7.15. The van der Waals surface area contributed by atoms with Gasteiger partial charge >= 0.3 is 0 Å². The van der Waals surface area contributed by atoms with Gasteiger partial charge in [0.25, 0.3) is 0 Å². The third-order valence-corrected chi connectivity index (χ3v) is 4.39. The number of hydrogen-bond acceptors (Lipinski definition) is 3. The number of hydrogen-bond donors (Lipinski definition) is 2. The summed E-state index contributed by atoms with van der Waals surface area (Å²) in [6, 6.07) is 4.23. The van der Waals surface area contributed by atoms with Crippen molar-refractivity contribution in [2.75, 3.05) is 5.73 Å². The number of nitrogen functional groups attached to an aromatic ring is 1. The smallest absolute Gasteiger partial charge is 0.123 e. The van der Waals surface area contributed by atoms with Crippen molar-refractivity contribution < 1.29 is 0 Å². The third-order valence-electron chi connectivity index (χ3n) is 4.39. The summed E-state index contributed by atoms with van der Waals surface area (Å²) < 4.78 is 0. The monoisotopic (exact) mass is 247 g/mol. The van der Waals surface area contributed by atoms with Crippen molar-refractivity contribution in [3.8, 4) is 0 Å². The third kappa shape index (κ3) is 3.45. The molecule has 0 bridgehead atoms. The molecule has 3 nitrogen and oxygen atoms in total. The normalized spacial score (nSPS) is 25.9. The van der Waals surface area contributed by atoms with Crippen molar-refractivity contribution in [1.29, 1.82) is 0 Å². The Morgan fingerprint density at radius 1 is 1.33 bits per heavy atom. The van der Waals surface area contributed by atoms with E-state index in [1.807, 2.05) is 12.1 Å². The summed E-state index contributed by atoms with van der Waals surface area (Å²) in [6.45, 7) is 2.30. The lowest BCUT2D eigenvalue weighted by Gasteiger charge is -2.31. The van der Waals surface area contributed by atoms with Crippen LogP contribution in [0.4, 0.5) is 5.82 Å². The molecule has 2 rings (SSSR count). The first kappa shape index (κ1) is 13.3. The van der Waals surface area contributed by atoms with Crippen LogP contribution in [-0.2, 0) is 6.42 Å². The maximum absolute atomic E-state index is 6.36. The second kappa shape index (κ2) is 6.19. The largest absolute Gasteiger partial charge is 0.384 e. The van der Waals surface area contributed by atoms with Crippen molar-refractivity contribution in [3.63, 3.8) is 0 Å². The summed E-state index contributed by atoms with van der Waals surface area (Å²) in [5.74, 6) is 2.21. The van der Waals surface area contributed by atoms with E-state index < -0.39 is 0 Å². The number of nitrogens with zero attached hydrogens (tertiary/aromatic N) is 1. The molecule has 0 saturated heterocycles. The highest BCUT2D eigenvalue weighted by Gasteiger charge is 2.24. The Hall–Kier alpha value is -1.09. The van der Waals surface area contributed by atoms with Crippen LogP contribution in [0.5, 0.6) is 0 Å². The Morgan fingerprint density at radius 2 is 2.06 bits per heavy atom. The van der Waals surface area contributed by atoms with Gasteiger partial charge in [0, 0.05) is 12.2 Å². The van der Waals surface area contributed by atoms with Gasteiger partial charge in [0.05, 0.1) is 0 Å². The summed E-state index contributed by atoms with van der Waals surface area (Å²) in [5, 5.41) is 0. The van der Waals surface area contributed by atoms with Gasteiger partial charge in [-0.15, -0.1) is 0 Å². The van der Waals surface area contributed by atoms with E-state index in [-0.39, 0.29) is 6.04 Å². The van der Waals surface area contributed by atoms with Gasteiger partial charge in [0.1, 0.15) is 5.82 Å². The molecule has 1 aromatic heterocycles. The van der Waals surface area contributed by atoms with E-state index in [1.165, 1.54) is 37.7 Å². The lowest BCUT2D eigenvalue weighted by molar-refractivity contribution is 0.238. The fraction of sp³-hybridized carbons (Fsp3) is 0.667. The van der Waals surface area contributed by atoms with Crippen LogP contribution in [-0.4, -0.2) is 11.0 Å². The molecule has 0 aromatic carbocycles. The minimum atomic E-state index is 0.268. The molecule has 0 radical (unpaired) electrons. The maximum Gasteiger partial charge on any atom is 0.123 e. The first-order chi connectivity index (χ1) is 8.69. The van der Waals surface area contributed by atoms with Gasteiger partial charge in [0.2, 0.25) is 0 Å². The van der Waals surface area contributed by atoms with Crippen molar-refractivity contribution >= 4 is 5.82 Å². The van der Waals surface area contributed by atoms with Gasteiger partial charge in [-0.05, 0) is 48.8 Å². The van der Waals surface area contributed by atoms with Crippen LogP contribution < -0.4 is 11.5 Å². The molecule has 3 heteroatoms. The summed E-state index contributed by atoms with van der Waals surface area (Å²) in [7, 11) is 0. The van der Waals surface area contributed by atoms with Crippen molar-refractivity contribution in [2.45, 2.75) is 51.5 Å². The molecule has 1 aliphatic carbocycles. The molecule has 100 valence electrons. The van der Waals surface area contributed by atoms with Gasteiger partial charge in [-0.3, -0.25) is 0 Å². The fourth-order valence-electron chi connectivity index (χ4n) is 3.08. The quantitative estimate of drug-likeness (QED) is 0.860. The number of aromatic nitrogens is 1. The van der Waals surface area contributed by atoms with E-state index in [1.54, 1.807) is 6.20 Å². The predicted octanol–water partition coefficient (Wildman–Crippen LogP) is 2.75. The first-order valence-corrected chi connectivity index (χ1v) is 7.15. The van der Waals surface area contributed by atoms with E-state index >= 15 is 0 Å². The molecule has 18 heavy (non-hydrogen) atoms. The molecular weight excluding hydrogens is 222 g/mol. The van der Waals surface area contributed by atoms with Crippen LogP contribution >= 0.6 is 0 Å². The molecule has 1 aliphatic rings. The van der Waals surface area contributed by atoms with Crippen LogP contribution in [0, 0.1) is 11.8 Å². The lowest BCUT2D eigenvalue weighted by atomic mass is 9.76. The highest BCUT2D eigenvalue weighted by molar-refractivity contribution is 5.32. The summed E-state index contributed by atoms with van der Waals surface area (Å²) in [6.07, 6.45) is 9.31. The van der Waals surface area contributed by atoms with E-state index in [9.17, 15) is 0 Å². The van der Waals surface area contributed by atoms with Gasteiger partial charge in [-0.25, -0.2) is 4.98 Å². The van der Waals surface area contributed by atoms with E-state index in [2.05, 4.69) is 11.9 Å². The summed E-state index contributed by atoms with van der Waals surface area (Å²) in [5.41, 5.74) is 13.3. The minimum Gasteiger partial charge on any atom is -0.384 e. The summed E-state index contributed by atoms with van der Waals surface area (Å²) >= 11 is 0. The average Bonchev–Trinajstić information content (AvgIpc) is 2.39. The standard InChI is InChI=1S/C15H25N3/c1-2-11-3-5-13(6-4-11)14(16)9-12-7-8-18-15(17)10-12/h7-8,10-11,13-14H,2-6,9,16H2,1H3,(H2,17,18). The highest BCUT2D eigenvalue weighted by Crippen LogP contribution is 2.32. The molecule has 1 fully saturated rings. The van der Waals surface area contributed by atoms with Crippen LogP contribution in [0.15, 0.2) is 18.3 Å². The zero-order valence-electron chi connectivity index (χ0n) is 11.3. The van der Waals surface area contributed by atoms with Crippen molar-refractivity contribution in [2.24, 2.45) is 17.6 Å². The predicted molar refractivity (Wildman–Crippen MR) is 76.1 cm³/mol. The fourth-order valence-corrected chi connectivity index (χ4v) is 3.08. The zero-order valence-corrected chi connectivity index (χ0v) is 11.3. The Labute approximate surface area is 110 Å². The lowest BCUT2D eigenvalue weighted by Crippen LogP contribution is -2.34. The number of rotatable bonds is 4. The molecule has 0 amide bonds. The van der Waals surface area contributed by atoms with E-state index in [4.69, 9.17) is 11.5 Å². The summed E-state index contributed by atoms with van der Waals surface area (Å²) in [4.78, 5) is 4.02. The van der Waals surface area contributed by atoms with Crippen LogP contribution in [0.1, 0.15) is 44.6 Å².